The van der Waals surface area contributed by atoms with Crippen molar-refractivity contribution in [1.29, 1.82) is 0 Å². The Labute approximate surface area is 230 Å². The summed E-state index contributed by atoms with van der Waals surface area (Å²) in [7, 11) is 3.88. The molecule has 0 saturated carbocycles. The van der Waals surface area contributed by atoms with E-state index in [0.29, 0.717) is 17.0 Å². The van der Waals surface area contributed by atoms with E-state index >= 15 is 0 Å². The summed E-state index contributed by atoms with van der Waals surface area (Å²) in [6.07, 6.45) is -0.0533. The zero-order valence-corrected chi connectivity index (χ0v) is 23.5. The molecule has 0 aliphatic carbocycles. The summed E-state index contributed by atoms with van der Waals surface area (Å²) >= 11 is 0. The fraction of sp³-hybridized carbons (Fsp3) is 0.312. The van der Waals surface area contributed by atoms with Crippen LogP contribution in [0.4, 0.5) is 17.1 Å². The fourth-order valence-electron chi connectivity index (χ4n) is 4.93. The smallest absolute Gasteiger partial charge is 0.300 e. The Kier molecular flexibility index (Phi) is 8.29. The number of aliphatic hydroxyl groups excluding tert-OH is 1. The molecule has 204 valence electrons. The van der Waals surface area contributed by atoms with Crippen LogP contribution >= 0.6 is 0 Å². The molecular weight excluding hydrogens is 490 g/mol. The summed E-state index contributed by atoms with van der Waals surface area (Å²) in [4.78, 5) is 32.7. The molecule has 39 heavy (non-hydrogen) atoms. The number of carbonyl (C=O) groups is 2. The Hall–Kier alpha value is -4.26. The summed E-state index contributed by atoms with van der Waals surface area (Å²) in [6, 6.07) is 21.5. The zero-order valence-electron chi connectivity index (χ0n) is 23.5. The van der Waals surface area contributed by atoms with E-state index in [1.165, 1.54) is 4.90 Å². The molecule has 1 unspecified atom stereocenters. The van der Waals surface area contributed by atoms with Crippen LogP contribution in [0.2, 0.25) is 0 Å². The van der Waals surface area contributed by atoms with Crippen LogP contribution in [0.3, 0.4) is 0 Å². The first-order chi connectivity index (χ1) is 18.7. The predicted molar refractivity (Wildman–Crippen MR) is 158 cm³/mol. The number of anilines is 3. The molecule has 1 fully saturated rings. The van der Waals surface area contributed by atoms with Gasteiger partial charge in [0, 0.05) is 49.8 Å². The third-order valence-electron chi connectivity index (χ3n) is 6.91. The average molecular weight is 528 g/mol. The van der Waals surface area contributed by atoms with Crippen molar-refractivity contribution in [2.45, 2.75) is 39.8 Å². The number of Topliss-reactive ketones (excluding diaryl/α,β-unsaturated/α-hetero) is 1. The maximum Gasteiger partial charge on any atom is 0.300 e. The van der Waals surface area contributed by atoms with E-state index in [-0.39, 0.29) is 17.4 Å². The molecule has 1 aliphatic rings. The number of rotatable bonds is 9. The minimum Gasteiger partial charge on any atom is -0.507 e. The van der Waals surface area contributed by atoms with Gasteiger partial charge in [-0.1, -0.05) is 24.3 Å². The summed E-state index contributed by atoms with van der Waals surface area (Å²) < 4.78 is 5.80. The highest BCUT2D eigenvalue weighted by Crippen LogP contribution is 2.43. The Morgan fingerprint density at radius 3 is 2.10 bits per heavy atom. The van der Waals surface area contributed by atoms with Gasteiger partial charge in [0.1, 0.15) is 11.5 Å². The molecule has 1 saturated heterocycles. The second-order valence-electron chi connectivity index (χ2n) is 10.0. The number of carbonyl (C=O) groups excluding carboxylic acids is 2. The van der Waals surface area contributed by atoms with Gasteiger partial charge in [0.05, 0.1) is 17.7 Å². The quantitative estimate of drug-likeness (QED) is 0.209. The van der Waals surface area contributed by atoms with E-state index in [2.05, 4.69) is 18.7 Å². The molecule has 7 heteroatoms. The number of ether oxygens (including phenoxy) is 1. The lowest BCUT2D eigenvalue weighted by Gasteiger charge is -2.27. The minimum absolute atomic E-state index is 0.0500. The van der Waals surface area contributed by atoms with Crippen molar-refractivity contribution >= 4 is 34.5 Å². The van der Waals surface area contributed by atoms with Crippen LogP contribution in [-0.4, -0.2) is 50.1 Å². The highest BCUT2D eigenvalue weighted by atomic mass is 16.5. The van der Waals surface area contributed by atoms with Crippen molar-refractivity contribution in [2.24, 2.45) is 0 Å². The SMILES string of the molecule is CCN(CC)c1ccc(C2/C(=C(/O)c3cccc(OC(C)C)c3)C(=O)C(=O)N2c2ccc(N(C)C)cc2)cc1. The number of hydrogen-bond acceptors (Lipinski definition) is 6. The van der Waals surface area contributed by atoms with Crippen molar-refractivity contribution < 1.29 is 19.4 Å². The number of aliphatic hydroxyl groups is 1. The second-order valence-corrected chi connectivity index (χ2v) is 10.0. The summed E-state index contributed by atoms with van der Waals surface area (Å²) in [5.41, 5.74) is 3.80. The first-order valence-corrected chi connectivity index (χ1v) is 13.4. The van der Waals surface area contributed by atoms with Crippen LogP contribution in [-0.2, 0) is 9.59 Å². The number of nitrogens with zero attached hydrogens (tertiary/aromatic N) is 3. The topological polar surface area (TPSA) is 73.3 Å². The summed E-state index contributed by atoms with van der Waals surface area (Å²) in [6.45, 7) is 9.76. The lowest BCUT2D eigenvalue weighted by molar-refractivity contribution is -0.132. The molecule has 1 aliphatic heterocycles. The lowest BCUT2D eigenvalue weighted by Crippen LogP contribution is -2.29. The van der Waals surface area contributed by atoms with Crippen LogP contribution in [0.15, 0.2) is 78.4 Å². The van der Waals surface area contributed by atoms with Gasteiger partial charge < -0.3 is 19.6 Å². The van der Waals surface area contributed by atoms with E-state index in [9.17, 15) is 14.7 Å². The summed E-state index contributed by atoms with van der Waals surface area (Å²) in [5.74, 6) is -1.06. The maximum atomic E-state index is 13.5. The largest absolute Gasteiger partial charge is 0.507 e. The van der Waals surface area contributed by atoms with Gasteiger partial charge >= 0.3 is 0 Å². The molecule has 0 aromatic heterocycles. The molecule has 3 aromatic rings. The van der Waals surface area contributed by atoms with Gasteiger partial charge in [-0.05, 0) is 81.8 Å². The van der Waals surface area contributed by atoms with Gasteiger partial charge in [0.15, 0.2) is 0 Å². The molecule has 0 radical (unpaired) electrons. The molecule has 0 bridgehead atoms. The van der Waals surface area contributed by atoms with Gasteiger partial charge in [-0.25, -0.2) is 0 Å². The van der Waals surface area contributed by atoms with Gasteiger partial charge in [-0.2, -0.15) is 0 Å². The van der Waals surface area contributed by atoms with Crippen LogP contribution in [0.5, 0.6) is 5.75 Å². The van der Waals surface area contributed by atoms with E-state index in [0.717, 1.165) is 30.0 Å². The zero-order chi connectivity index (χ0) is 28.3. The summed E-state index contributed by atoms with van der Waals surface area (Å²) in [5, 5.41) is 11.5. The first kappa shape index (κ1) is 27.8. The molecule has 1 amide bonds. The third-order valence-corrected chi connectivity index (χ3v) is 6.91. The highest BCUT2D eigenvalue weighted by Gasteiger charge is 2.47. The number of ketones is 1. The molecule has 3 aromatic carbocycles. The van der Waals surface area contributed by atoms with Crippen LogP contribution < -0.4 is 19.4 Å². The van der Waals surface area contributed by atoms with E-state index in [4.69, 9.17) is 4.74 Å². The highest BCUT2D eigenvalue weighted by molar-refractivity contribution is 6.51. The second kappa shape index (κ2) is 11.6. The van der Waals surface area contributed by atoms with Gasteiger partial charge in [0.25, 0.3) is 11.7 Å². The Bertz CT molecular complexity index is 1360. The molecule has 1 N–H and O–H groups in total. The van der Waals surface area contributed by atoms with Crippen molar-refractivity contribution in [3.8, 4) is 5.75 Å². The normalized spacial score (nSPS) is 16.6. The Balaban J connectivity index is 1.87. The van der Waals surface area contributed by atoms with E-state index < -0.39 is 17.7 Å². The van der Waals surface area contributed by atoms with Crippen molar-refractivity contribution in [3.05, 3.63) is 89.5 Å². The van der Waals surface area contributed by atoms with Crippen LogP contribution in [0, 0.1) is 0 Å². The minimum atomic E-state index is -0.796. The Morgan fingerprint density at radius 1 is 0.923 bits per heavy atom. The molecule has 7 nitrogen and oxygen atoms in total. The fourth-order valence-corrected chi connectivity index (χ4v) is 4.93. The average Bonchev–Trinajstić information content (AvgIpc) is 3.19. The predicted octanol–water partition coefficient (Wildman–Crippen LogP) is 6.01. The van der Waals surface area contributed by atoms with Crippen molar-refractivity contribution in [1.82, 2.24) is 0 Å². The van der Waals surface area contributed by atoms with Gasteiger partial charge in [0.2, 0.25) is 0 Å². The van der Waals surface area contributed by atoms with Gasteiger partial charge in [-0.15, -0.1) is 0 Å². The molecular formula is C32H37N3O4. The molecule has 1 heterocycles. The van der Waals surface area contributed by atoms with Crippen molar-refractivity contribution in [3.63, 3.8) is 0 Å². The molecule has 4 rings (SSSR count). The number of hydrogen-bond donors (Lipinski definition) is 1. The van der Waals surface area contributed by atoms with E-state index in [1.807, 2.05) is 81.4 Å². The molecule has 0 spiro atoms. The number of benzene rings is 3. The van der Waals surface area contributed by atoms with Crippen molar-refractivity contribution in [2.75, 3.05) is 41.9 Å². The number of amides is 1. The Morgan fingerprint density at radius 2 is 1.54 bits per heavy atom. The standard InChI is InChI=1S/C32H37N3O4/c1-7-34(8-2)25-14-12-22(13-15-25)29-28(30(36)23-10-9-11-27(20-23)39-21(3)4)31(37)32(38)35(29)26-18-16-24(17-19-26)33(5)6/h9-21,29,36H,7-8H2,1-6H3/b30-28-. The van der Waals surface area contributed by atoms with Gasteiger partial charge in [-0.3, -0.25) is 14.5 Å². The van der Waals surface area contributed by atoms with Crippen LogP contribution in [0.1, 0.15) is 44.9 Å². The lowest BCUT2D eigenvalue weighted by atomic mass is 9.94. The van der Waals surface area contributed by atoms with E-state index in [1.54, 1.807) is 24.3 Å². The maximum absolute atomic E-state index is 13.5. The first-order valence-electron chi connectivity index (χ1n) is 13.4. The monoisotopic (exact) mass is 527 g/mol. The third kappa shape index (κ3) is 5.62. The van der Waals surface area contributed by atoms with Crippen LogP contribution in [0.25, 0.3) is 5.76 Å². The molecule has 1 atom stereocenters.